The van der Waals surface area contributed by atoms with Gasteiger partial charge in [-0.25, -0.2) is 0 Å². The Kier molecular flexibility index (Phi) is 17.4. The summed E-state index contributed by atoms with van der Waals surface area (Å²) in [4.78, 5) is 16.1. The Morgan fingerprint density at radius 1 is 0.810 bits per heavy atom. The van der Waals surface area contributed by atoms with Crippen molar-refractivity contribution in [2.24, 2.45) is 5.92 Å². The number of aliphatic hydroxyl groups is 3. The first-order chi connectivity index (χ1) is 27.3. The Hall–Kier alpha value is -3.76. The fourth-order valence-corrected chi connectivity index (χ4v) is 8.82. The molecule has 58 heavy (non-hydrogen) atoms. The van der Waals surface area contributed by atoms with Crippen LogP contribution in [0.5, 0.6) is 5.75 Å². The summed E-state index contributed by atoms with van der Waals surface area (Å²) >= 11 is 0. The molecule has 1 heterocycles. The van der Waals surface area contributed by atoms with Gasteiger partial charge in [0.1, 0.15) is 11.4 Å². The first-order valence-electron chi connectivity index (χ1n) is 20.9. The minimum Gasteiger partial charge on any atom is -0.497 e. The number of likely N-dealkylation sites (tertiary alicyclic amines) is 1. The van der Waals surface area contributed by atoms with E-state index in [0.717, 1.165) is 99.1 Å². The number of aliphatic carboxylic acids is 1. The first kappa shape index (κ1) is 46.9. The van der Waals surface area contributed by atoms with Crippen LogP contribution in [0.1, 0.15) is 111 Å². The topological polar surface area (TPSA) is 114 Å². The summed E-state index contributed by atoms with van der Waals surface area (Å²) in [6, 6.07) is 35.5. The van der Waals surface area contributed by atoms with E-state index in [0.29, 0.717) is 6.42 Å². The number of likely N-dealkylation sites (N-methyl/N-ethyl adjacent to an activating group) is 1. The van der Waals surface area contributed by atoms with Gasteiger partial charge in [-0.05, 0) is 132 Å². The Balaban J connectivity index is 0.000000300. The summed E-state index contributed by atoms with van der Waals surface area (Å²) in [5.41, 5.74) is 2.13. The molecule has 316 valence electrons. The van der Waals surface area contributed by atoms with Crippen LogP contribution in [-0.2, 0) is 15.8 Å². The van der Waals surface area contributed by atoms with E-state index < -0.39 is 28.7 Å². The van der Waals surface area contributed by atoms with Crippen molar-refractivity contribution >= 4 is 18.4 Å². The molecule has 0 amide bonds. The summed E-state index contributed by atoms with van der Waals surface area (Å²) in [5.74, 6) is 0.306. The fraction of sp³-hybridized carbons (Fsp3) is 0.490. The highest BCUT2D eigenvalue weighted by Gasteiger charge is 2.42. The molecular weight excluding hydrogens is 748 g/mol. The van der Waals surface area contributed by atoms with Crippen molar-refractivity contribution in [3.05, 3.63) is 137 Å². The van der Waals surface area contributed by atoms with Gasteiger partial charge in [0.25, 0.3) is 0 Å². The van der Waals surface area contributed by atoms with Crippen molar-refractivity contribution in [1.82, 2.24) is 9.80 Å². The number of rotatable bonds is 15. The van der Waals surface area contributed by atoms with E-state index in [1.54, 1.807) is 33.1 Å². The summed E-state index contributed by atoms with van der Waals surface area (Å²) in [5, 5.41) is 43.3. The number of aliphatic hydroxyl groups excluding tert-OH is 1. The number of halogens is 1. The molecule has 9 heteroatoms. The van der Waals surface area contributed by atoms with Gasteiger partial charge in [0.05, 0.1) is 24.2 Å². The quantitative estimate of drug-likeness (QED) is 0.0942. The molecule has 2 aliphatic rings. The molecule has 4 N–H and O–H groups in total. The molecule has 1 aliphatic carbocycles. The molecule has 0 bridgehead atoms. The Morgan fingerprint density at radius 2 is 1.33 bits per heavy atom. The molecule has 1 saturated carbocycles. The van der Waals surface area contributed by atoms with Crippen LogP contribution in [0.3, 0.4) is 0 Å². The highest BCUT2D eigenvalue weighted by molar-refractivity contribution is 5.85. The second-order valence-corrected chi connectivity index (χ2v) is 17.1. The molecule has 1 aliphatic heterocycles. The lowest BCUT2D eigenvalue weighted by Gasteiger charge is -2.42. The molecule has 8 nitrogen and oxygen atoms in total. The zero-order chi connectivity index (χ0) is 41.1. The predicted molar refractivity (Wildman–Crippen MR) is 236 cm³/mol. The van der Waals surface area contributed by atoms with E-state index in [4.69, 9.17) is 4.74 Å². The van der Waals surface area contributed by atoms with Crippen LogP contribution in [0.25, 0.3) is 0 Å². The number of piperidine rings is 1. The number of carbonyl (C=O) groups is 1. The maximum absolute atomic E-state index is 12.1. The van der Waals surface area contributed by atoms with Gasteiger partial charge in [-0.15, -0.1) is 12.4 Å². The van der Waals surface area contributed by atoms with Gasteiger partial charge in [0.2, 0.25) is 0 Å². The molecule has 0 aromatic heterocycles. The number of nitrogens with zero attached hydrogens (tertiary/aromatic N) is 2. The lowest BCUT2D eigenvalue weighted by atomic mass is 9.72. The molecular formula is C49H67ClN2O6. The van der Waals surface area contributed by atoms with Gasteiger partial charge in [-0.3, -0.25) is 4.79 Å². The lowest BCUT2D eigenvalue weighted by Crippen LogP contribution is -2.44. The monoisotopic (exact) mass is 814 g/mol. The van der Waals surface area contributed by atoms with E-state index in [-0.39, 0.29) is 24.2 Å². The molecule has 2 fully saturated rings. The van der Waals surface area contributed by atoms with E-state index in [9.17, 15) is 25.2 Å². The maximum atomic E-state index is 12.1. The minimum absolute atomic E-state index is 0. The van der Waals surface area contributed by atoms with E-state index in [2.05, 4.69) is 36.0 Å². The summed E-state index contributed by atoms with van der Waals surface area (Å²) < 4.78 is 5.23. The van der Waals surface area contributed by atoms with E-state index in [1.807, 2.05) is 84.9 Å². The second kappa shape index (κ2) is 21.5. The third-order valence-corrected chi connectivity index (χ3v) is 12.5. The summed E-state index contributed by atoms with van der Waals surface area (Å²) in [7, 11) is 5.83. The number of methoxy groups -OCH3 is 1. The highest BCUT2D eigenvalue weighted by atomic mass is 35.5. The molecule has 4 aromatic carbocycles. The van der Waals surface area contributed by atoms with Crippen molar-refractivity contribution < 1.29 is 30.0 Å². The zero-order valence-electron chi connectivity index (χ0n) is 35.2. The van der Waals surface area contributed by atoms with Crippen LogP contribution < -0.4 is 4.74 Å². The Morgan fingerprint density at radius 3 is 1.81 bits per heavy atom. The van der Waals surface area contributed by atoms with Crippen molar-refractivity contribution in [3.63, 3.8) is 0 Å². The van der Waals surface area contributed by atoms with Crippen LogP contribution >= 0.6 is 12.4 Å². The van der Waals surface area contributed by atoms with Gasteiger partial charge >= 0.3 is 5.97 Å². The van der Waals surface area contributed by atoms with Crippen LogP contribution in [0.4, 0.5) is 0 Å². The third-order valence-electron chi connectivity index (χ3n) is 12.5. The van der Waals surface area contributed by atoms with Crippen LogP contribution in [0.2, 0.25) is 0 Å². The highest BCUT2D eigenvalue weighted by Crippen LogP contribution is 2.43. The molecule has 0 radical (unpaired) electrons. The number of hydrogen-bond donors (Lipinski definition) is 4. The van der Waals surface area contributed by atoms with Gasteiger partial charge in [-0.1, -0.05) is 116 Å². The average Bonchev–Trinajstić information content (AvgIpc) is 3.24. The normalized spacial score (nSPS) is 17.3. The Bertz CT molecular complexity index is 1750. The van der Waals surface area contributed by atoms with Gasteiger partial charge in [-0.2, -0.15) is 0 Å². The summed E-state index contributed by atoms with van der Waals surface area (Å²) in [6.45, 7) is 6.99. The standard InChI is InChI=1S/C32H39NO4.C17H27NO2.ClH/c1-31(2,30(35)36)25-17-15-24(16-18-25)29(34)14-9-21-33-22-19-28(20-23-33)32(37,26-10-5-3-6-11-26)27-12-7-4-8-13-27;1-18(2)13-16(17(19)11-5-4-6-12-17)14-7-9-15(20-3)10-8-14;/h3-8,10-13,15-18,28-29,34,37H,9,14,19-23H2,1-2H3,(H,35,36);7-10,16,19H,4-6,11-13H2,1-3H3;1H. The molecule has 2 atom stereocenters. The van der Waals surface area contributed by atoms with Crippen molar-refractivity contribution in [1.29, 1.82) is 0 Å². The second-order valence-electron chi connectivity index (χ2n) is 17.1. The first-order valence-corrected chi connectivity index (χ1v) is 20.9. The third kappa shape index (κ3) is 11.7. The van der Waals surface area contributed by atoms with Gasteiger partial charge < -0.3 is 35.0 Å². The van der Waals surface area contributed by atoms with Crippen molar-refractivity contribution in [3.8, 4) is 5.75 Å². The predicted octanol–water partition coefficient (Wildman–Crippen LogP) is 8.97. The molecule has 2 unspecified atom stereocenters. The zero-order valence-corrected chi connectivity index (χ0v) is 36.0. The average molecular weight is 816 g/mol. The smallest absolute Gasteiger partial charge is 0.313 e. The van der Waals surface area contributed by atoms with E-state index in [1.165, 1.54) is 12.0 Å². The van der Waals surface area contributed by atoms with Crippen LogP contribution in [0.15, 0.2) is 109 Å². The van der Waals surface area contributed by atoms with Crippen molar-refractivity contribution in [2.45, 2.75) is 100 Å². The van der Waals surface area contributed by atoms with E-state index >= 15 is 0 Å². The number of ether oxygens (including phenoxy) is 1. The number of carboxylic acid groups (broad SMARTS) is 1. The molecule has 6 rings (SSSR count). The van der Waals surface area contributed by atoms with Gasteiger partial charge in [0.15, 0.2) is 0 Å². The number of benzene rings is 4. The molecule has 0 spiro atoms. The summed E-state index contributed by atoms with van der Waals surface area (Å²) in [6.07, 6.45) is 8.12. The Labute approximate surface area is 353 Å². The van der Waals surface area contributed by atoms with Crippen LogP contribution in [0, 0.1) is 5.92 Å². The van der Waals surface area contributed by atoms with Crippen LogP contribution in [-0.4, -0.2) is 89.2 Å². The van der Waals surface area contributed by atoms with Crippen molar-refractivity contribution in [2.75, 3.05) is 47.4 Å². The molecule has 4 aromatic rings. The van der Waals surface area contributed by atoms with Gasteiger partial charge in [0, 0.05) is 12.5 Å². The number of hydrogen-bond acceptors (Lipinski definition) is 7. The largest absolute Gasteiger partial charge is 0.497 e. The maximum Gasteiger partial charge on any atom is 0.313 e. The molecule has 1 saturated heterocycles. The fourth-order valence-electron chi connectivity index (χ4n) is 8.82. The number of carboxylic acids is 1. The lowest BCUT2D eigenvalue weighted by molar-refractivity contribution is -0.142. The SMILES string of the molecule is CC(C)(C(=O)O)c1ccc(C(O)CCCN2CCC(C(O)(c3ccccc3)c3ccccc3)CC2)cc1.COc1ccc(C(CN(C)C)C2(O)CCCCC2)cc1.Cl. The minimum atomic E-state index is -1.01.